The Morgan fingerprint density at radius 1 is 1.48 bits per heavy atom. The van der Waals surface area contributed by atoms with Crippen LogP contribution >= 0.6 is 7.82 Å². The van der Waals surface area contributed by atoms with Gasteiger partial charge in [0.2, 0.25) is 0 Å². The van der Waals surface area contributed by atoms with E-state index in [4.69, 9.17) is 4.74 Å². The van der Waals surface area contributed by atoms with Crippen LogP contribution < -0.4 is 80.2 Å². The summed E-state index contributed by atoms with van der Waals surface area (Å²) in [6.07, 6.45) is -1.81. The van der Waals surface area contributed by atoms with Gasteiger partial charge in [0, 0.05) is 18.2 Å². The van der Waals surface area contributed by atoms with E-state index in [-0.39, 0.29) is 71.1 Å². The number of hydrogen-bond donors (Lipinski definition) is 2. The Balaban J connectivity index is 0.00000242. The van der Waals surface area contributed by atoms with Gasteiger partial charge in [-0.1, -0.05) is 0 Å². The van der Waals surface area contributed by atoms with Crippen LogP contribution in [-0.4, -0.2) is 33.5 Å². The molecule has 0 amide bonds. The SMILES string of the molecule is [13CH3][13c]1[13cH][15n]([13C@H]2[13CH2][13C@H](O)[13C@@H]([13CH2]OP(=O)([O-])[O-])O2)[13c](=O)[15nH][13c]1=O.[Na+].[Na+]. The molecular formula is C10H13N2Na2O8P. The summed E-state index contributed by atoms with van der Waals surface area (Å²) in [5.74, 6) is 0. The van der Waals surface area contributed by atoms with Gasteiger partial charge in [-0.3, -0.25) is 14.3 Å². The van der Waals surface area contributed by atoms with Gasteiger partial charge >= 0.3 is 64.8 Å². The Labute approximate surface area is 175 Å². The minimum Gasteiger partial charge on any atom is -0.790 e. The molecule has 1 aromatic rings. The summed E-state index contributed by atoms with van der Waals surface area (Å²) in [4.78, 5) is 45.8. The summed E-state index contributed by atoms with van der Waals surface area (Å²) < 4.78 is 20.8. The maximum Gasteiger partial charge on any atom is 1.00 e. The molecule has 0 spiro atoms. The average molecular weight is 378 g/mol. The van der Waals surface area contributed by atoms with E-state index in [1.165, 1.54) is 13.1 Å². The van der Waals surface area contributed by atoms with Crippen molar-refractivity contribution < 1.29 is 87.8 Å². The maximum absolute atomic E-state index is 11.7. The van der Waals surface area contributed by atoms with E-state index in [1.807, 2.05) is 0 Å². The predicted octanol–water partition coefficient (Wildman–Crippen LogP) is -8.65. The number of aliphatic hydroxyl groups is 1. The molecule has 23 heavy (non-hydrogen) atoms. The van der Waals surface area contributed by atoms with Gasteiger partial charge in [0.1, 0.15) is 12.3 Å². The molecule has 0 radical (unpaired) electrons. The smallest absolute Gasteiger partial charge is 0.790 e. The summed E-state index contributed by atoms with van der Waals surface area (Å²) in [6.45, 7) is 0.852. The Hall–Kier alpha value is 0.710. The first-order valence-electron chi connectivity index (χ1n) is 5.99. The number of hydrogen-bond acceptors (Lipinski definition) is 8. The molecule has 0 saturated carbocycles. The molecular weight excluding hydrogens is 365 g/mol. The first-order chi connectivity index (χ1) is 9.67. The molecule has 1 aliphatic rings. The van der Waals surface area contributed by atoms with Crippen molar-refractivity contribution in [3.8, 4) is 0 Å². The third kappa shape index (κ3) is 6.50. The molecule has 2 N–H and O–H groups in total. The number of ether oxygens (including phenoxy) is 1. The maximum atomic E-state index is 11.7. The number of aromatic nitrogens is 2. The summed E-state index contributed by atoms with van der Waals surface area (Å²) in [5, 5.41) is 9.75. The number of aliphatic hydroxyl groups excluding tert-OH is 1. The monoisotopic (exact) mass is 378 g/mol. The second-order valence-corrected chi connectivity index (χ2v) is 5.81. The molecule has 1 aromatic heterocycles. The summed E-state index contributed by atoms with van der Waals surface area (Å²) >= 11 is 0. The molecule has 0 aromatic carbocycles. The quantitative estimate of drug-likeness (QED) is 0.297. The molecule has 13 heteroatoms. The van der Waals surface area contributed by atoms with Crippen LogP contribution in [0.2, 0.25) is 0 Å². The molecule has 2 heterocycles. The van der Waals surface area contributed by atoms with Gasteiger partial charge in [0.15, 0.2) is 0 Å². The fourth-order valence-electron chi connectivity index (χ4n) is 2.00. The van der Waals surface area contributed by atoms with E-state index in [0.717, 1.165) is 4.57 Å². The third-order valence-electron chi connectivity index (χ3n) is 3.06. The van der Waals surface area contributed by atoms with Crippen molar-refractivity contribution in [3.05, 3.63) is 32.6 Å². The fraction of sp³-hybridized carbons (Fsp3) is 0.600. The molecule has 3 atom stereocenters. The molecule has 0 unspecified atom stereocenters. The van der Waals surface area contributed by atoms with E-state index in [9.17, 15) is 29.0 Å². The van der Waals surface area contributed by atoms with Crippen molar-refractivity contribution in [1.82, 2.24) is 9.55 Å². The fourth-order valence-corrected chi connectivity index (χ4v) is 2.33. The van der Waals surface area contributed by atoms with Crippen LogP contribution in [-0.2, 0) is 13.8 Å². The van der Waals surface area contributed by atoms with E-state index in [1.54, 1.807) is 0 Å². The molecule has 10 nitrogen and oxygen atoms in total. The Kier molecular flexibility index (Phi) is 9.71. The van der Waals surface area contributed by atoms with Crippen LogP contribution in [0, 0.1) is 6.92 Å². The van der Waals surface area contributed by atoms with Crippen molar-refractivity contribution in [1.29, 1.82) is 0 Å². The van der Waals surface area contributed by atoms with Crippen molar-refractivity contribution in [2.45, 2.75) is 31.8 Å². The van der Waals surface area contributed by atoms with Gasteiger partial charge in [-0.2, -0.15) is 0 Å². The number of H-pyrrole nitrogens is 1. The number of nitrogens with zero attached hydrogens (tertiary/aromatic N) is 1. The number of rotatable bonds is 4. The first-order valence-corrected chi connectivity index (χ1v) is 7.45. The topological polar surface area (TPSA) is 157 Å². The normalized spacial score (nSPS) is 23.9. The van der Waals surface area contributed by atoms with Crippen molar-refractivity contribution >= 4 is 7.82 Å². The molecule has 0 aliphatic carbocycles. The van der Waals surface area contributed by atoms with Crippen molar-refractivity contribution in [3.63, 3.8) is 0 Å². The molecule has 118 valence electrons. The first kappa shape index (κ1) is 23.7. The Bertz CT molecular complexity index is 686. The Morgan fingerprint density at radius 2 is 2.09 bits per heavy atom. The minimum absolute atomic E-state index is 0. The van der Waals surface area contributed by atoms with Gasteiger partial charge in [0.25, 0.3) is 5.56 Å². The zero-order valence-electron chi connectivity index (χ0n) is 12.9. The van der Waals surface area contributed by atoms with Gasteiger partial charge in [-0.05, 0) is 6.92 Å². The van der Waals surface area contributed by atoms with Crippen LogP contribution in [0.5, 0.6) is 0 Å². The summed E-state index contributed by atoms with van der Waals surface area (Å²) in [5.41, 5.74) is -0.980. The molecule has 1 fully saturated rings. The van der Waals surface area contributed by atoms with E-state index >= 15 is 0 Å². The molecule has 0 bridgehead atoms. The minimum atomic E-state index is -5.17. The zero-order valence-corrected chi connectivity index (χ0v) is 17.8. The number of phosphoric acid groups is 1. The molecule has 2 rings (SSSR count). The third-order valence-corrected chi connectivity index (χ3v) is 3.52. The van der Waals surface area contributed by atoms with Crippen LogP contribution in [0.15, 0.2) is 15.8 Å². The van der Waals surface area contributed by atoms with Crippen LogP contribution in [0.1, 0.15) is 18.2 Å². The van der Waals surface area contributed by atoms with Crippen molar-refractivity contribution in [2.24, 2.45) is 0 Å². The standard InChI is InChI=1S/C10H15N2O8P.2Na/c1-5-3-12(10(15)11-9(5)14)8-2-6(13)7(20-8)4-19-21(16,17)18;;/h3,6-8,13H,2,4H2,1H3,(H,11,14,15)(H2,16,17,18);;/q;2*+1/p-2/t6-,7+,8+;;/m0../s1/i1+1,2+1,3+1,4+1,5+1,6+1,7+1,8+1,9+1,10+1,11+1,12+1;;. The number of aromatic amines is 1. The Morgan fingerprint density at radius 3 is 2.65 bits per heavy atom. The van der Waals surface area contributed by atoms with Gasteiger partial charge in [-0.15, -0.1) is 0 Å². The second kappa shape index (κ2) is 9.42. The van der Waals surface area contributed by atoms with Crippen LogP contribution in [0.25, 0.3) is 0 Å². The van der Waals surface area contributed by atoms with Crippen molar-refractivity contribution in [2.75, 3.05) is 6.61 Å². The predicted molar refractivity (Wildman–Crippen MR) is 64.2 cm³/mol. The number of phosphoric ester groups is 1. The van der Waals surface area contributed by atoms with E-state index in [0.29, 0.717) is 0 Å². The van der Waals surface area contributed by atoms with Gasteiger partial charge < -0.3 is 28.7 Å². The van der Waals surface area contributed by atoms with E-state index in [2.05, 4.69) is 9.51 Å². The summed E-state index contributed by atoms with van der Waals surface area (Å²) in [7, 11) is -5.17. The van der Waals surface area contributed by atoms with Gasteiger partial charge in [0.05, 0.1) is 20.5 Å². The largest absolute Gasteiger partial charge is 1.00 e. The van der Waals surface area contributed by atoms with Crippen LogP contribution in [0.4, 0.5) is 0 Å². The summed E-state index contributed by atoms with van der Waals surface area (Å²) in [6, 6.07) is 0. The van der Waals surface area contributed by atoms with Crippen LogP contribution in [0.3, 0.4) is 0 Å². The number of aryl methyl sites for hydroxylation is 1. The molecule has 1 saturated heterocycles. The molecule has 1 aliphatic heterocycles. The second-order valence-electron chi connectivity index (χ2n) is 4.65. The number of nitrogens with one attached hydrogen (secondary N) is 1. The van der Waals surface area contributed by atoms with Gasteiger partial charge in [-0.25, -0.2) is 4.79 Å². The zero-order chi connectivity index (χ0) is 15.8. The van der Waals surface area contributed by atoms with E-state index < -0.39 is 44.1 Å². The average Bonchev–Trinajstić information content (AvgIpc) is 2.72.